The third kappa shape index (κ3) is 3.13. The first kappa shape index (κ1) is 15.6. The molecule has 1 N–H and O–H groups in total. The number of hydrogen-bond donors (Lipinski definition) is 1. The van der Waals surface area contributed by atoms with Gasteiger partial charge in [-0.15, -0.1) is 0 Å². The summed E-state index contributed by atoms with van der Waals surface area (Å²) in [6.07, 6.45) is 0. The average Bonchev–Trinajstić information content (AvgIpc) is 2.74. The van der Waals surface area contributed by atoms with Gasteiger partial charge in [0.1, 0.15) is 0 Å². The van der Waals surface area contributed by atoms with E-state index < -0.39 is 5.30 Å². The van der Waals surface area contributed by atoms with Crippen LogP contribution in [-0.2, 0) is 11.8 Å². The fourth-order valence-electron chi connectivity index (χ4n) is 2.36. The standard InChI is InChI=1S/C16H20N2O2S/c1-5-20-16(19)21-15(17)11(3)12-7-6-8-14-13(12)9-10(2)18(14)4/h6-9,11,17H,5H2,1-4H3/t11-/m0/s1. The van der Waals surface area contributed by atoms with Crippen LogP contribution < -0.4 is 0 Å². The molecule has 0 aliphatic rings. The van der Waals surface area contributed by atoms with Gasteiger partial charge >= 0.3 is 5.30 Å². The molecule has 0 saturated carbocycles. The Morgan fingerprint density at radius 1 is 1.48 bits per heavy atom. The molecule has 0 unspecified atom stereocenters. The first-order valence-electron chi connectivity index (χ1n) is 6.93. The van der Waals surface area contributed by atoms with E-state index in [1.165, 1.54) is 5.69 Å². The molecule has 1 heterocycles. The number of fused-ring (bicyclic) bond motifs is 1. The molecule has 0 fully saturated rings. The highest BCUT2D eigenvalue weighted by Gasteiger charge is 2.19. The van der Waals surface area contributed by atoms with Gasteiger partial charge in [0.2, 0.25) is 0 Å². The molecule has 0 bridgehead atoms. The Hall–Kier alpha value is -1.75. The van der Waals surface area contributed by atoms with E-state index in [1.807, 2.05) is 26.1 Å². The molecule has 4 nitrogen and oxygen atoms in total. The molecule has 21 heavy (non-hydrogen) atoms. The number of nitrogens with zero attached hydrogens (tertiary/aromatic N) is 1. The van der Waals surface area contributed by atoms with Crippen molar-refractivity contribution in [1.82, 2.24) is 4.57 Å². The van der Waals surface area contributed by atoms with E-state index in [-0.39, 0.29) is 5.92 Å². The molecular formula is C16H20N2O2S. The van der Waals surface area contributed by atoms with Crippen molar-refractivity contribution in [2.45, 2.75) is 26.7 Å². The summed E-state index contributed by atoms with van der Waals surface area (Å²) < 4.78 is 7.02. The Labute approximate surface area is 129 Å². The predicted octanol–water partition coefficient (Wildman–Crippen LogP) is 4.46. The van der Waals surface area contributed by atoms with E-state index in [4.69, 9.17) is 10.1 Å². The number of rotatable bonds is 3. The maximum Gasteiger partial charge on any atom is 0.373 e. The Morgan fingerprint density at radius 2 is 2.19 bits per heavy atom. The fourth-order valence-corrected chi connectivity index (χ4v) is 3.02. The second-order valence-corrected chi connectivity index (χ2v) is 5.97. The van der Waals surface area contributed by atoms with E-state index >= 15 is 0 Å². The molecule has 2 aromatic rings. The Kier molecular flexibility index (Phi) is 4.73. The minimum Gasteiger partial charge on any atom is -0.458 e. The SMILES string of the molecule is CCOC(=O)SC(=N)[C@@H](C)c1cccc2c1cc(C)n2C. The third-order valence-electron chi connectivity index (χ3n) is 3.68. The summed E-state index contributed by atoms with van der Waals surface area (Å²) in [5.41, 5.74) is 3.39. The van der Waals surface area contributed by atoms with Crippen molar-refractivity contribution in [3.63, 3.8) is 0 Å². The monoisotopic (exact) mass is 304 g/mol. The zero-order valence-corrected chi connectivity index (χ0v) is 13.6. The summed E-state index contributed by atoms with van der Waals surface area (Å²) in [4.78, 5) is 11.5. The maximum absolute atomic E-state index is 11.5. The van der Waals surface area contributed by atoms with Gasteiger partial charge in [-0.25, -0.2) is 4.79 Å². The second-order valence-electron chi connectivity index (χ2n) is 5.00. The van der Waals surface area contributed by atoms with Crippen LogP contribution in [0.2, 0.25) is 0 Å². The average molecular weight is 304 g/mol. The number of benzene rings is 1. The van der Waals surface area contributed by atoms with Crippen molar-refractivity contribution in [3.8, 4) is 0 Å². The number of carbonyl (C=O) groups is 1. The van der Waals surface area contributed by atoms with E-state index in [1.54, 1.807) is 6.92 Å². The van der Waals surface area contributed by atoms with E-state index in [0.29, 0.717) is 11.7 Å². The molecule has 0 amide bonds. The molecule has 112 valence electrons. The van der Waals surface area contributed by atoms with Crippen LogP contribution in [0.1, 0.15) is 31.0 Å². The highest BCUT2D eigenvalue weighted by Crippen LogP contribution is 2.31. The Morgan fingerprint density at radius 3 is 2.86 bits per heavy atom. The van der Waals surface area contributed by atoms with Gasteiger partial charge in [-0.05, 0) is 31.5 Å². The van der Waals surface area contributed by atoms with Crippen LogP contribution in [0.15, 0.2) is 24.3 Å². The summed E-state index contributed by atoms with van der Waals surface area (Å²) in [6, 6.07) is 8.22. The topological polar surface area (TPSA) is 55.1 Å². The lowest BCUT2D eigenvalue weighted by molar-refractivity contribution is 0.182. The molecule has 0 spiro atoms. The van der Waals surface area contributed by atoms with Crippen molar-refractivity contribution < 1.29 is 9.53 Å². The lowest BCUT2D eigenvalue weighted by Gasteiger charge is -2.13. The Bertz CT molecular complexity index is 691. The van der Waals surface area contributed by atoms with Crippen LogP contribution in [0.5, 0.6) is 0 Å². The maximum atomic E-state index is 11.5. The Balaban J connectivity index is 2.31. The van der Waals surface area contributed by atoms with Gasteiger partial charge < -0.3 is 9.30 Å². The quantitative estimate of drug-likeness (QED) is 0.517. The van der Waals surface area contributed by atoms with Gasteiger partial charge in [0, 0.05) is 41.3 Å². The van der Waals surface area contributed by atoms with Gasteiger partial charge in [0.25, 0.3) is 0 Å². The zero-order chi connectivity index (χ0) is 15.6. The number of thioether (sulfide) groups is 1. The van der Waals surface area contributed by atoms with Gasteiger partial charge in [0.05, 0.1) is 11.7 Å². The highest BCUT2D eigenvalue weighted by molar-refractivity contribution is 8.26. The molecule has 0 radical (unpaired) electrons. The third-order valence-corrected chi connectivity index (χ3v) is 4.53. The predicted molar refractivity (Wildman–Crippen MR) is 88.4 cm³/mol. The summed E-state index contributed by atoms with van der Waals surface area (Å²) >= 11 is 0.862. The fraction of sp³-hybridized carbons (Fsp3) is 0.375. The van der Waals surface area contributed by atoms with Gasteiger partial charge in [0.15, 0.2) is 0 Å². The van der Waals surface area contributed by atoms with Crippen molar-refractivity contribution >= 4 is 33.0 Å². The first-order valence-corrected chi connectivity index (χ1v) is 7.75. The second kappa shape index (κ2) is 6.35. The first-order chi connectivity index (χ1) is 9.95. The lowest BCUT2D eigenvalue weighted by Crippen LogP contribution is -2.09. The molecule has 1 aromatic heterocycles. The summed E-state index contributed by atoms with van der Waals surface area (Å²) in [5, 5.41) is 9.17. The summed E-state index contributed by atoms with van der Waals surface area (Å²) in [7, 11) is 2.03. The van der Waals surface area contributed by atoms with Crippen LogP contribution >= 0.6 is 11.8 Å². The molecule has 0 saturated heterocycles. The van der Waals surface area contributed by atoms with Gasteiger partial charge in [-0.1, -0.05) is 19.1 Å². The van der Waals surface area contributed by atoms with Crippen LogP contribution in [0.4, 0.5) is 4.79 Å². The summed E-state index contributed by atoms with van der Waals surface area (Å²) in [5.74, 6) is -0.134. The van der Waals surface area contributed by atoms with Crippen molar-refractivity contribution in [2.75, 3.05) is 6.61 Å². The molecule has 1 aromatic carbocycles. The number of aryl methyl sites for hydroxylation is 2. The molecule has 5 heteroatoms. The molecule has 2 rings (SSSR count). The molecule has 0 aliphatic carbocycles. The van der Waals surface area contributed by atoms with Crippen molar-refractivity contribution in [2.24, 2.45) is 7.05 Å². The largest absolute Gasteiger partial charge is 0.458 e. The normalized spacial score (nSPS) is 12.4. The van der Waals surface area contributed by atoms with E-state index in [9.17, 15) is 4.79 Å². The lowest BCUT2D eigenvalue weighted by atomic mass is 9.98. The zero-order valence-electron chi connectivity index (χ0n) is 12.8. The van der Waals surface area contributed by atoms with Crippen molar-refractivity contribution in [3.05, 3.63) is 35.5 Å². The molecule has 1 atom stereocenters. The van der Waals surface area contributed by atoms with Crippen LogP contribution in [0.25, 0.3) is 10.9 Å². The number of hydrogen-bond acceptors (Lipinski definition) is 4. The number of nitrogens with one attached hydrogen (secondary N) is 1. The number of aromatic nitrogens is 1. The highest BCUT2D eigenvalue weighted by atomic mass is 32.2. The molecule has 0 aliphatic heterocycles. The minimum absolute atomic E-state index is 0.134. The van der Waals surface area contributed by atoms with E-state index in [2.05, 4.69) is 23.6 Å². The van der Waals surface area contributed by atoms with Gasteiger partial charge in [-0.3, -0.25) is 5.41 Å². The van der Waals surface area contributed by atoms with Crippen molar-refractivity contribution in [1.29, 1.82) is 5.41 Å². The van der Waals surface area contributed by atoms with Crippen LogP contribution in [0, 0.1) is 12.3 Å². The van der Waals surface area contributed by atoms with E-state index in [0.717, 1.165) is 28.2 Å². The summed E-state index contributed by atoms with van der Waals surface area (Å²) in [6.45, 7) is 6.11. The van der Waals surface area contributed by atoms with Crippen LogP contribution in [0.3, 0.4) is 0 Å². The van der Waals surface area contributed by atoms with Gasteiger partial charge in [-0.2, -0.15) is 0 Å². The van der Waals surface area contributed by atoms with Crippen LogP contribution in [-0.4, -0.2) is 21.5 Å². The number of ether oxygens (including phenoxy) is 1. The molecular weight excluding hydrogens is 284 g/mol. The number of carbonyl (C=O) groups excluding carboxylic acids is 1. The smallest absolute Gasteiger partial charge is 0.373 e. The minimum atomic E-state index is -0.411.